The summed E-state index contributed by atoms with van der Waals surface area (Å²) in [6.07, 6.45) is 0. The van der Waals surface area contributed by atoms with Crippen molar-refractivity contribution in [1.29, 1.82) is 0 Å². The molecule has 0 aliphatic carbocycles. The van der Waals surface area contributed by atoms with Gasteiger partial charge in [0.15, 0.2) is 0 Å². The van der Waals surface area contributed by atoms with E-state index in [0.29, 0.717) is 29.4 Å². The highest BCUT2D eigenvalue weighted by Crippen LogP contribution is 2.25. The third kappa shape index (κ3) is 6.05. The van der Waals surface area contributed by atoms with Crippen molar-refractivity contribution in [2.24, 2.45) is 0 Å². The maximum atomic E-state index is 12.7. The van der Waals surface area contributed by atoms with Gasteiger partial charge >= 0.3 is 0 Å². The van der Waals surface area contributed by atoms with Crippen LogP contribution in [-0.2, 0) is 9.53 Å². The molecule has 0 fully saturated rings. The van der Waals surface area contributed by atoms with Crippen molar-refractivity contribution in [3.63, 3.8) is 0 Å². The van der Waals surface area contributed by atoms with Crippen LogP contribution >= 0.6 is 23.4 Å². The first kappa shape index (κ1) is 20.3. The van der Waals surface area contributed by atoms with Crippen molar-refractivity contribution in [2.45, 2.75) is 11.8 Å². The predicted molar refractivity (Wildman–Crippen MR) is 106 cm³/mol. The highest BCUT2D eigenvalue weighted by atomic mass is 35.5. The molecule has 0 aromatic heterocycles. The number of amides is 2. The number of nitrogens with one attached hydrogen (secondary N) is 2. The zero-order chi connectivity index (χ0) is 18.9. The molecule has 2 aromatic carbocycles. The molecule has 0 radical (unpaired) electrons. The Bertz CT molecular complexity index is 783. The van der Waals surface area contributed by atoms with E-state index in [0.717, 1.165) is 10.5 Å². The number of hydrogen-bond donors (Lipinski definition) is 2. The fourth-order valence-corrected chi connectivity index (χ4v) is 3.24. The van der Waals surface area contributed by atoms with E-state index in [1.165, 1.54) is 11.8 Å². The zero-order valence-corrected chi connectivity index (χ0v) is 16.2. The first-order valence-electron chi connectivity index (χ1n) is 8.06. The molecule has 2 N–H and O–H groups in total. The fourth-order valence-electron chi connectivity index (χ4n) is 2.19. The van der Waals surface area contributed by atoms with E-state index in [1.807, 2.05) is 25.1 Å². The van der Waals surface area contributed by atoms with Crippen LogP contribution in [0.25, 0.3) is 0 Å². The Balaban J connectivity index is 2.04. The molecular formula is C19H21ClN2O3S. The Hall–Kier alpha value is -2.02. The second kappa shape index (κ2) is 10.2. The van der Waals surface area contributed by atoms with Gasteiger partial charge in [0.05, 0.1) is 17.9 Å². The molecule has 2 rings (SSSR count). The summed E-state index contributed by atoms with van der Waals surface area (Å²) in [6.45, 7) is 2.83. The maximum absolute atomic E-state index is 12.7. The summed E-state index contributed by atoms with van der Waals surface area (Å²) >= 11 is 7.33. The highest BCUT2D eigenvalue weighted by Gasteiger charge is 2.14. The van der Waals surface area contributed by atoms with E-state index in [4.69, 9.17) is 16.3 Å². The lowest BCUT2D eigenvalue weighted by Crippen LogP contribution is -2.28. The number of methoxy groups -OCH3 is 1. The SMILES string of the molecule is COCCNC(=O)CSc1ccccc1C(=O)Nc1cc(Cl)ccc1C. The lowest BCUT2D eigenvalue weighted by molar-refractivity contribution is -0.118. The van der Waals surface area contributed by atoms with Crippen molar-refractivity contribution in [2.75, 3.05) is 31.3 Å². The highest BCUT2D eigenvalue weighted by molar-refractivity contribution is 8.00. The molecule has 0 aliphatic heterocycles. The lowest BCUT2D eigenvalue weighted by atomic mass is 10.1. The lowest BCUT2D eigenvalue weighted by Gasteiger charge is -2.12. The second-order valence-electron chi connectivity index (χ2n) is 5.54. The summed E-state index contributed by atoms with van der Waals surface area (Å²) in [5, 5.41) is 6.20. The quantitative estimate of drug-likeness (QED) is 0.530. The van der Waals surface area contributed by atoms with Crippen LogP contribution in [0.2, 0.25) is 5.02 Å². The molecule has 0 saturated heterocycles. The molecule has 0 atom stereocenters. The van der Waals surface area contributed by atoms with E-state index in [9.17, 15) is 9.59 Å². The smallest absolute Gasteiger partial charge is 0.256 e. The van der Waals surface area contributed by atoms with Crippen molar-refractivity contribution in [1.82, 2.24) is 5.32 Å². The number of rotatable bonds is 8. The summed E-state index contributed by atoms with van der Waals surface area (Å²) < 4.78 is 4.90. The standard InChI is InChI=1S/C19H21ClN2O3S/c1-13-7-8-14(20)11-16(13)22-19(24)15-5-3-4-6-17(15)26-12-18(23)21-9-10-25-2/h3-8,11H,9-10,12H2,1-2H3,(H,21,23)(H,22,24). The Kier molecular flexibility index (Phi) is 7.97. The molecule has 0 heterocycles. The number of carbonyl (C=O) groups excluding carboxylic acids is 2. The minimum atomic E-state index is -0.238. The molecule has 5 nitrogen and oxygen atoms in total. The van der Waals surface area contributed by atoms with Gasteiger partial charge < -0.3 is 15.4 Å². The van der Waals surface area contributed by atoms with Gasteiger partial charge in [-0.3, -0.25) is 9.59 Å². The number of thioether (sulfide) groups is 1. The van der Waals surface area contributed by atoms with Gasteiger partial charge in [-0.2, -0.15) is 0 Å². The summed E-state index contributed by atoms with van der Waals surface area (Å²) in [4.78, 5) is 25.3. The molecule has 2 aromatic rings. The topological polar surface area (TPSA) is 67.4 Å². The normalized spacial score (nSPS) is 10.4. The summed E-state index contributed by atoms with van der Waals surface area (Å²) in [5.41, 5.74) is 2.10. The van der Waals surface area contributed by atoms with Crippen LogP contribution in [-0.4, -0.2) is 37.8 Å². The third-order valence-corrected chi connectivity index (χ3v) is 4.88. The van der Waals surface area contributed by atoms with Crippen LogP contribution in [0.4, 0.5) is 5.69 Å². The molecule has 2 amide bonds. The van der Waals surface area contributed by atoms with Crippen LogP contribution < -0.4 is 10.6 Å². The molecule has 0 aliphatic rings. The second-order valence-corrected chi connectivity index (χ2v) is 6.99. The largest absolute Gasteiger partial charge is 0.383 e. The molecule has 7 heteroatoms. The summed E-state index contributed by atoms with van der Waals surface area (Å²) in [5.74, 6) is -0.115. The van der Waals surface area contributed by atoms with Crippen molar-refractivity contribution >= 4 is 40.9 Å². The number of hydrogen-bond acceptors (Lipinski definition) is 4. The Morgan fingerprint density at radius 3 is 2.73 bits per heavy atom. The maximum Gasteiger partial charge on any atom is 0.256 e. The van der Waals surface area contributed by atoms with E-state index < -0.39 is 0 Å². The first-order valence-corrected chi connectivity index (χ1v) is 9.42. The van der Waals surface area contributed by atoms with Crippen LogP contribution in [0.15, 0.2) is 47.4 Å². The first-order chi connectivity index (χ1) is 12.5. The van der Waals surface area contributed by atoms with E-state index >= 15 is 0 Å². The van der Waals surface area contributed by atoms with E-state index in [-0.39, 0.29) is 17.6 Å². The average molecular weight is 393 g/mol. The van der Waals surface area contributed by atoms with Gasteiger partial charge in [0, 0.05) is 29.3 Å². The van der Waals surface area contributed by atoms with Gasteiger partial charge in [0.2, 0.25) is 5.91 Å². The Morgan fingerprint density at radius 2 is 1.96 bits per heavy atom. The number of anilines is 1. The number of aryl methyl sites for hydroxylation is 1. The van der Waals surface area contributed by atoms with Crippen LogP contribution in [0.5, 0.6) is 0 Å². The van der Waals surface area contributed by atoms with Gasteiger partial charge in [-0.25, -0.2) is 0 Å². The summed E-state index contributed by atoms with van der Waals surface area (Å²) in [7, 11) is 1.58. The third-order valence-electron chi connectivity index (χ3n) is 3.57. The number of benzene rings is 2. The van der Waals surface area contributed by atoms with Crippen molar-refractivity contribution in [3.05, 3.63) is 58.6 Å². The molecule has 0 unspecified atom stereocenters. The Morgan fingerprint density at radius 1 is 1.19 bits per heavy atom. The number of ether oxygens (including phenoxy) is 1. The van der Waals surface area contributed by atoms with Crippen LogP contribution in [0.3, 0.4) is 0 Å². The van der Waals surface area contributed by atoms with E-state index in [2.05, 4.69) is 10.6 Å². The van der Waals surface area contributed by atoms with Crippen molar-refractivity contribution in [3.8, 4) is 0 Å². The molecular weight excluding hydrogens is 372 g/mol. The fraction of sp³-hybridized carbons (Fsp3) is 0.263. The zero-order valence-electron chi connectivity index (χ0n) is 14.7. The van der Waals surface area contributed by atoms with Crippen LogP contribution in [0, 0.1) is 6.92 Å². The van der Waals surface area contributed by atoms with Gasteiger partial charge in [-0.05, 0) is 36.8 Å². The summed E-state index contributed by atoms with van der Waals surface area (Å²) in [6, 6.07) is 12.5. The predicted octanol–water partition coefficient (Wildman–Crippen LogP) is 3.76. The van der Waals surface area contributed by atoms with Crippen molar-refractivity contribution < 1.29 is 14.3 Å². The Labute approximate surface area is 162 Å². The molecule has 138 valence electrons. The average Bonchev–Trinajstić information content (AvgIpc) is 2.63. The van der Waals surface area contributed by atoms with Gasteiger partial charge in [0.25, 0.3) is 5.91 Å². The number of carbonyl (C=O) groups is 2. The number of halogens is 1. The molecule has 0 bridgehead atoms. The van der Waals surface area contributed by atoms with Gasteiger partial charge in [0.1, 0.15) is 0 Å². The monoisotopic (exact) mass is 392 g/mol. The minimum Gasteiger partial charge on any atom is -0.383 e. The van der Waals surface area contributed by atoms with Gasteiger partial charge in [-0.15, -0.1) is 11.8 Å². The molecule has 0 saturated carbocycles. The minimum absolute atomic E-state index is 0.104. The van der Waals surface area contributed by atoms with Gasteiger partial charge in [-0.1, -0.05) is 29.8 Å². The van der Waals surface area contributed by atoms with Crippen LogP contribution in [0.1, 0.15) is 15.9 Å². The molecule has 26 heavy (non-hydrogen) atoms. The van der Waals surface area contributed by atoms with E-state index in [1.54, 1.807) is 31.4 Å². The molecule has 0 spiro atoms.